The molecule has 126 valence electrons. The quantitative estimate of drug-likeness (QED) is 0.888. The summed E-state index contributed by atoms with van der Waals surface area (Å²) in [5.74, 6) is -1.23. The number of carboxylic acids is 1. The SMILES string of the molecule is O=C(O)CC1SC2=Nc3ccc(Cl)cc3C(c3ccccc3)N2C1=O. The molecule has 2 unspecified atom stereocenters. The highest BCUT2D eigenvalue weighted by atomic mass is 35.5. The molecule has 2 aromatic rings. The fourth-order valence-electron chi connectivity index (χ4n) is 3.14. The minimum absolute atomic E-state index is 0.225. The molecule has 0 bridgehead atoms. The first kappa shape index (κ1) is 16.2. The average Bonchev–Trinajstić information content (AvgIpc) is 2.89. The number of hydrogen-bond acceptors (Lipinski definition) is 4. The highest BCUT2D eigenvalue weighted by Gasteiger charge is 2.46. The molecule has 25 heavy (non-hydrogen) atoms. The zero-order valence-electron chi connectivity index (χ0n) is 12.9. The zero-order chi connectivity index (χ0) is 17.6. The molecule has 5 nitrogen and oxygen atoms in total. The maximum atomic E-state index is 12.9. The molecule has 0 spiro atoms. The van der Waals surface area contributed by atoms with E-state index in [4.69, 9.17) is 16.7 Å². The first-order valence-electron chi connectivity index (χ1n) is 7.69. The van der Waals surface area contributed by atoms with Crippen molar-refractivity contribution < 1.29 is 14.7 Å². The summed E-state index contributed by atoms with van der Waals surface area (Å²) in [4.78, 5) is 30.1. The Kier molecular flexibility index (Phi) is 4.01. The monoisotopic (exact) mass is 372 g/mol. The second-order valence-corrected chi connectivity index (χ2v) is 7.43. The maximum absolute atomic E-state index is 12.9. The number of aliphatic imine (C=N–C) groups is 1. The molecule has 0 aromatic heterocycles. The number of hydrogen-bond donors (Lipinski definition) is 1. The van der Waals surface area contributed by atoms with Crippen molar-refractivity contribution in [2.45, 2.75) is 17.7 Å². The summed E-state index contributed by atoms with van der Waals surface area (Å²) in [7, 11) is 0. The van der Waals surface area contributed by atoms with Crippen LogP contribution in [0.15, 0.2) is 53.5 Å². The van der Waals surface area contributed by atoms with E-state index in [0.717, 1.165) is 16.8 Å². The van der Waals surface area contributed by atoms with Gasteiger partial charge in [0.25, 0.3) is 0 Å². The van der Waals surface area contributed by atoms with Gasteiger partial charge in [-0.3, -0.25) is 14.5 Å². The number of aliphatic carboxylic acids is 1. The van der Waals surface area contributed by atoms with E-state index in [0.29, 0.717) is 10.2 Å². The molecule has 0 radical (unpaired) electrons. The lowest BCUT2D eigenvalue weighted by Gasteiger charge is -2.32. The van der Waals surface area contributed by atoms with Crippen LogP contribution in [0.4, 0.5) is 5.69 Å². The number of benzene rings is 2. The Morgan fingerprint density at radius 3 is 2.72 bits per heavy atom. The minimum Gasteiger partial charge on any atom is -0.481 e. The predicted octanol–water partition coefficient (Wildman–Crippen LogP) is 3.85. The fourth-order valence-corrected chi connectivity index (χ4v) is 4.48. The van der Waals surface area contributed by atoms with Gasteiger partial charge >= 0.3 is 5.97 Å². The Labute approximate surface area is 153 Å². The summed E-state index contributed by atoms with van der Waals surface area (Å²) in [5.41, 5.74) is 2.52. The number of carbonyl (C=O) groups excluding carboxylic acids is 1. The molecule has 4 rings (SSSR count). The number of carboxylic acid groups (broad SMARTS) is 1. The number of carbonyl (C=O) groups is 2. The zero-order valence-corrected chi connectivity index (χ0v) is 14.5. The molecule has 1 N–H and O–H groups in total. The molecule has 2 aromatic carbocycles. The van der Waals surface area contributed by atoms with Gasteiger partial charge in [0.15, 0.2) is 5.17 Å². The van der Waals surface area contributed by atoms with Gasteiger partial charge < -0.3 is 5.11 Å². The van der Waals surface area contributed by atoms with Crippen LogP contribution in [0.5, 0.6) is 0 Å². The number of amidine groups is 1. The largest absolute Gasteiger partial charge is 0.481 e. The molecule has 2 heterocycles. The van der Waals surface area contributed by atoms with Crippen molar-refractivity contribution in [3.8, 4) is 0 Å². The first-order valence-corrected chi connectivity index (χ1v) is 8.95. The lowest BCUT2D eigenvalue weighted by atomic mass is 9.94. The van der Waals surface area contributed by atoms with E-state index in [1.165, 1.54) is 11.8 Å². The Morgan fingerprint density at radius 1 is 1.24 bits per heavy atom. The van der Waals surface area contributed by atoms with Crippen LogP contribution >= 0.6 is 23.4 Å². The van der Waals surface area contributed by atoms with Crippen molar-refractivity contribution in [3.63, 3.8) is 0 Å². The molecule has 1 fully saturated rings. The number of nitrogens with zero attached hydrogens (tertiary/aromatic N) is 2. The lowest BCUT2D eigenvalue weighted by Crippen LogP contribution is -2.38. The molecule has 1 amide bonds. The van der Waals surface area contributed by atoms with E-state index in [9.17, 15) is 9.59 Å². The van der Waals surface area contributed by atoms with Crippen LogP contribution in [0.25, 0.3) is 0 Å². The molecule has 1 saturated heterocycles. The van der Waals surface area contributed by atoms with Crippen molar-refractivity contribution in [2.75, 3.05) is 0 Å². The summed E-state index contributed by atoms with van der Waals surface area (Å²) < 4.78 is 0. The molecule has 2 aliphatic rings. The van der Waals surface area contributed by atoms with E-state index in [-0.39, 0.29) is 18.4 Å². The third kappa shape index (κ3) is 2.81. The Hall–Kier alpha value is -2.31. The second kappa shape index (κ2) is 6.20. The van der Waals surface area contributed by atoms with Crippen LogP contribution in [0, 0.1) is 0 Å². The molecule has 0 saturated carbocycles. The third-order valence-corrected chi connectivity index (χ3v) is 5.59. The third-order valence-electron chi connectivity index (χ3n) is 4.20. The van der Waals surface area contributed by atoms with E-state index < -0.39 is 11.2 Å². The summed E-state index contributed by atoms with van der Waals surface area (Å²) in [6, 6.07) is 14.7. The molecule has 0 aliphatic carbocycles. The lowest BCUT2D eigenvalue weighted by molar-refractivity contribution is -0.139. The van der Waals surface area contributed by atoms with Crippen molar-refractivity contribution >= 4 is 46.1 Å². The number of halogens is 1. The van der Waals surface area contributed by atoms with Gasteiger partial charge in [-0.25, -0.2) is 4.99 Å². The van der Waals surface area contributed by atoms with Gasteiger partial charge in [-0.15, -0.1) is 0 Å². The van der Waals surface area contributed by atoms with Gasteiger partial charge in [0.1, 0.15) is 5.25 Å². The summed E-state index contributed by atoms with van der Waals surface area (Å²) >= 11 is 7.38. The average molecular weight is 373 g/mol. The summed E-state index contributed by atoms with van der Waals surface area (Å²) in [6.45, 7) is 0. The van der Waals surface area contributed by atoms with E-state index in [1.807, 2.05) is 42.5 Å². The van der Waals surface area contributed by atoms with E-state index in [1.54, 1.807) is 11.0 Å². The van der Waals surface area contributed by atoms with Crippen molar-refractivity contribution in [1.29, 1.82) is 0 Å². The minimum atomic E-state index is -0.997. The Bertz CT molecular complexity index is 900. The maximum Gasteiger partial charge on any atom is 0.305 e. The van der Waals surface area contributed by atoms with Crippen LogP contribution in [-0.2, 0) is 9.59 Å². The highest BCUT2D eigenvalue weighted by molar-refractivity contribution is 8.15. The van der Waals surface area contributed by atoms with Gasteiger partial charge in [0.05, 0.1) is 18.2 Å². The van der Waals surface area contributed by atoms with Crippen molar-refractivity contribution in [1.82, 2.24) is 4.90 Å². The smallest absolute Gasteiger partial charge is 0.305 e. The first-order chi connectivity index (χ1) is 12.0. The van der Waals surface area contributed by atoms with Crippen molar-refractivity contribution in [3.05, 3.63) is 64.7 Å². The molecule has 2 aliphatic heterocycles. The van der Waals surface area contributed by atoms with Gasteiger partial charge in [0, 0.05) is 10.6 Å². The summed E-state index contributed by atoms with van der Waals surface area (Å²) in [5, 5.41) is 9.53. The predicted molar refractivity (Wildman–Crippen MR) is 97.3 cm³/mol. The van der Waals surface area contributed by atoms with E-state index in [2.05, 4.69) is 4.99 Å². The van der Waals surface area contributed by atoms with Gasteiger partial charge in [-0.05, 0) is 23.8 Å². The summed E-state index contributed by atoms with van der Waals surface area (Å²) in [6.07, 6.45) is -0.225. The Morgan fingerprint density at radius 2 is 2.00 bits per heavy atom. The normalized spacial score (nSPS) is 21.6. The fraction of sp³-hybridized carbons (Fsp3) is 0.167. The van der Waals surface area contributed by atoms with Crippen LogP contribution < -0.4 is 0 Å². The van der Waals surface area contributed by atoms with Gasteiger partial charge in [0.2, 0.25) is 5.91 Å². The highest BCUT2D eigenvalue weighted by Crippen LogP contribution is 2.46. The van der Waals surface area contributed by atoms with Crippen LogP contribution in [0.3, 0.4) is 0 Å². The standard InChI is InChI=1S/C18H13ClN2O3S/c19-11-6-7-13-12(8-11)16(10-4-2-1-3-5-10)21-17(24)14(9-15(22)23)25-18(21)20-13/h1-8,14,16H,9H2,(H,22,23). The Balaban J connectivity index is 1.85. The number of rotatable bonds is 3. The number of fused-ring (bicyclic) bond motifs is 2. The van der Waals surface area contributed by atoms with Crippen molar-refractivity contribution in [2.24, 2.45) is 4.99 Å². The van der Waals surface area contributed by atoms with Gasteiger partial charge in [-0.1, -0.05) is 53.7 Å². The van der Waals surface area contributed by atoms with Gasteiger partial charge in [-0.2, -0.15) is 0 Å². The van der Waals surface area contributed by atoms with E-state index >= 15 is 0 Å². The molecular weight excluding hydrogens is 360 g/mol. The second-order valence-electron chi connectivity index (χ2n) is 5.82. The topological polar surface area (TPSA) is 70.0 Å². The van der Waals surface area contributed by atoms with Crippen LogP contribution in [0.1, 0.15) is 23.6 Å². The molecular formula is C18H13ClN2O3S. The molecule has 7 heteroatoms. The number of thioether (sulfide) groups is 1. The molecule has 2 atom stereocenters. The number of amides is 1. The van der Waals surface area contributed by atoms with Crippen LogP contribution in [0.2, 0.25) is 5.02 Å². The van der Waals surface area contributed by atoms with Crippen LogP contribution in [-0.4, -0.2) is 32.3 Å².